The Hall–Kier alpha value is -2.84. The number of imide groups is 1. The molecule has 0 atom stereocenters. The SMILES string of the molecule is Cc1ccc(NC(=O)CN2C(=O)NC(=Cc3cc(Br)cc(Cl)c3O)C2=O)cc1. The van der Waals surface area contributed by atoms with E-state index in [0.29, 0.717) is 10.2 Å². The van der Waals surface area contributed by atoms with Gasteiger partial charge in [-0.05, 0) is 37.3 Å². The number of rotatable bonds is 4. The summed E-state index contributed by atoms with van der Waals surface area (Å²) in [6.45, 7) is 1.48. The number of carbonyl (C=O) groups is 3. The van der Waals surface area contributed by atoms with Gasteiger partial charge < -0.3 is 15.7 Å². The molecule has 144 valence electrons. The molecule has 0 radical (unpaired) electrons. The Balaban J connectivity index is 1.74. The van der Waals surface area contributed by atoms with E-state index in [-0.39, 0.29) is 22.0 Å². The Kier molecular flexibility index (Phi) is 5.71. The maximum absolute atomic E-state index is 12.5. The summed E-state index contributed by atoms with van der Waals surface area (Å²) in [6.07, 6.45) is 1.30. The van der Waals surface area contributed by atoms with Crippen molar-refractivity contribution in [1.82, 2.24) is 10.2 Å². The van der Waals surface area contributed by atoms with Gasteiger partial charge in [-0.2, -0.15) is 0 Å². The molecule has 4 amide bonds. The van der Waals surface area contributed by atoms with Gasteiger partial charge in [0.05, 0.1) is 5.02 Å². The lowest BCUT2D eigenvalue weighted by atomic mass is 10.1. The van der Waals surface area contributed by atoms with Gasteiger partial charge in [0.25, 0.3) is 5.91 Å². The molecule has 2 aromatic rings. The van der Waals surface area contributed by atoms with E-state index in [1.165, 1.54) is 12.1 Å². The smallest absolute Gasteiger partial charge is 0.329 e. The average Bonchev–Trinajstić information content (AvgIpc) is 2.88. The predicted octanol–water partition coefficient (Wildman–Crippen LogP) is 3.65. The lowest BCUT2D eigenvalue weighted by Crippen LogP contribution is -2.38. The van der Waals surface area contributed by atoms with Gasteiger partial charge in [0.2, 0.25) is 5.91 Å². The third-order valence-corrected chi connectivity index (χ3v) is 4.70. The largest absolute Gasteiger partial charge is 0.506 e. The molecular formula is C19H15BrClN3O4. The Morgan fingerprint density at radius 3 is 2.64 bits per heavy atom. The topological polar surface area (TPSA) is 98.7 Å². The number of anilines is 1. The van der Waals surface area contributed by atoms with Gasteiger partial charge in [-0.25, -0.2) is 9.69 Å². The van der Waals surface area contributed by atoms with E-state index in [9.17, 15) is 19.5 Å². The number of carbonyl (C=O) groups excluding carboxylic acids is 3. The fourth-order valence-corrected chi connectivity index (χ4v) is 3.38. The van der Waals surface area contributed by atoms with Gasteiger partial charge in [-0.15, -0.1) is 0 Å². The fraction of sp³-hybridized carbons (Fsp3) is 0.105. The molecule has 9 heteroatoms. The molecular weight excluding hydrogens is 450 g/mol. The van der Waals surface area contributed by atoms with Crippen molar-refractivity contribution < 1.29 is 19.5 Å². The monoisotopic (exact) mass is 463 g/mol. The number of hydrogen-bond acceptors (Lipinski definition) is 4. The van der Waals surface area contributed by atoms with Crippen LogP contribution in [0.2, 0.25) is 5.02 Å². The number of amides is 4. The molecule has 0 unspecified atom stereocenters. The molecule has 1 aliphatic rings. The molecule has 28 heavy (non-hydrogen) atoms. The van der Waals surface area contributed by atoms with Crippen LogP contribution >= 0.6 is 27.5 Å². The van der Waals surface area contributed by atoms with Gasteiger partial charge in [-0.1, -0.05) is 45.2 Å². The number of phenols is 1. The third-order valence-electron chi connectivity index (χ3n) is 3.96. The summed E-state index contributed by atoms with van der Waals surface area (Å²) in [5.74, 6) is -1.42. The van der Waals surface area contributed by atoms with Crippen LogP contribution in [0.1, 0.15) is 11.1 Å². The highest BCUT2D eigenvalue weighted by atomic mass is 79.9. The Bertz CT molecular complexity index is 1000. The van der Waals surface area contributed by atoms with Crippen LogP contribution in [-0.2, 0) is 9.59 Å². The van der Waals surface area contributed by atoms with E-state index in [1.54, 1.807) is 18.2 Å². The standard InChI is InChI=1S/C19H15BrClN3O4/c1-10-2-4-13(5-3-10)22-16(25)9-24-18(27)15(23-19(24)28)7-11-6-12(20)8-14(21)17(11)26/h2-8,26H,9H2,1H3,(H,22,25)(H,23,28). The number of aromatic hydroxyl groups is 1. The first-order valence-electron chi connectivity index (χ1n) is 8.13. The predicted molar refractivity (Wildman–Crippen MR) is 109 cm³/mol. The molecule has 3 N–H and O–H groups in total. The van der Waals surface area contributed by atoms with Gasteiger partial charge in [0, 0.05) is 15.7 Å². The molecule has 0 bridgehead atoms. The highest BCUT2D eigenvalue weighted by Crippen LogP contribution is 2.33. The Labute approximate surface area is 174 Å². The summed E-state index contributed by atoms with van der Waals surface area (Å²) >= 11 is 9.15. The number of urea groups is 1. The Morgan fingerprint density at radius 1 is 1.29 bits per heavy atom. The fourth-order valence-electron chi connectivity index (χ4n) is 2.55. The number of nitrogens with zero attached hydrogens (tertiary/aromatic N) is 1. The van der Waals surface area contributed by atoms with Crippen molar-refractivity contribution in [1.29, 1.82) is 0 Å². The van der Waals surface area contributed by atoms with E-state index < -0.39 is 24.4 Å². The molecule has 0 aromatic heterocycles. The first-order chi connectivity index (χ1) is 13.2. The molecule has 1 saturated heterocycles. The second-order valence-electron chi connectivity index (χ2n) is 6.12. The maximum atomic E-state index is 12.5. The Morgan fingerprint density at radius 2 is 1.96 bits per heavy atom. The van der Waals surface area contributed by atoms with Gasteiger partial charge in [0.15, 0.2) is 0 Å². The van der Waals surface area contributed by atoms with Crippen LogP contribution in [0, 0.1) is 6.92 Å². The summed E-state index contributed by atoms with van der Waals surface area (Å²) in [5, 5.41) is 15.1. The highest BCUT2D eigenvalue weighted by molar-refractivity contribution is 9.10. The summed E-state index contributed by atoms with van der Waals surface area (Å²) in [4.78, 5) is 37.6. The summed E-state index contributed by atoms with van der Waals surface area (Å²) in [5.41, 5.74) is 1.77. The second-order valence-corrected chi connectivity index (χ2v) is 7.44. The summed E-state index contributed by atoms with van der Waals surface area (Å²) in [6, 6.07) is 9.43. The van der Waals surface area contributed by atoms with Crippen molar-refractivity contribution in [2.24, 2.45) is 0 Å². The zero-order chi connectivity index (χ0) is 20.4. The first kappa shape index (κ1) is 19.9. The summed E-state index contributed by atoms with van der Waals surface area (Å²) < 4.78 is 0.591. The van der Waals surface area contributed by atoms with E-state index in [0.717, 1.165) is 10.5 Å². The van der Waals surface area contributed by atoms with Gasteiger partial charge in [-0.3, -0.25) is 9.59 Å². The third kappa shape index (κ3) is 4.35. The van der Waals surface area contributed by atoms with Crippen LogP contribution < -0.4 is 10.6 Å². The van der Waals surface area contributed by atoms with Crippen molar-refractivity contribution in [3.05, 3.63) is 62.7 Å². The summed E-state index contributed by atoms with van der Waals surface area (Å²) in [7, 11) is 0. The number of aryl methyl sites for hydroxylation is 1. The minimum Gasteiger partial charge on any atom is -0.506 e. The number of benzene rings is 2. The van der Waals surface area contributed by atoms with Crippen molar-refractivity contribution >= 4 is 57.1 Å². The molecule has 1 heterocycles. The number of phenolic OH excluding ortho intramolecular Hbond substituents is 1. The van der Waals surface area contributed by atoms with Crippen LogP contribution in [0.25, 0.3) is 6.08 Å². The molecule has 0 spiro atoms. The molecule has 1 aliphatic heterocycles. The first-order valence-corrected chi connectivity index (χ1v) is 9.31. The number of hydrogen-bond donors (Lipinski definition) is 3. The van der Waals surface area contributed by atoms with Crippen LogP contribution in [0.15, 0.2) is 46.6 Å². The van der Waals surface area contributed by atoms with Crippen LogP contribution in [0.3, 0.4) is 0 Å². The quantitative estimate of drug-likeness (QED) is 0.475. The molecule has 2 aromatic carbocycles. The van der Waals surface area contributed by atoms with E-state index >= 15 is 0 Å². The van der Waals surface area contributed by atoms with Crippen LogP contribution in [-0.4, -0.2) is 34.4 Å². The van der Waals surface area contributed by atoms with Crippen LogP contribution in [0.4, 0.5) is 10.5 Å². The van der Waals surface area contributed by atoms with Gasteiger partial charge in [0.1, 0.15) is 18.0 Å². The number of halogens is 2. The normalized spacial score (nSPS) is 15.1. The number of nitrogens with one attached hydrogen (secondary N) is 2. The van der Waals surface area contributed by atoms with Crippen molar-refractivity contribution in [2.45, 2.75) is 6.92 Å². The second kappa shape index (κ2) is 8.04. The maximum Gasteiger partial charge on any atom is 0.329 e. The zero-order valence-electron chi connectivity index (χ0n) is 14.6. The minimum atomic E-state index is -0.726. The van der Waals surface area contributed by atoms with Gasteiger partial charge >= 0.3 is 6.03 Å². The molecule has 3 rings (SSSR count). The average molecular weight is 465 g/mol. The molecule has 0 aliphatic carbocycles. The van der Waals surface area contributed by atoms with E-state index in [1.807, 2.05) is 19.1 Å². The van der Waals surface area contributed by atoms with E-state index in [4.69, 9.17) is 11.6 Å². The van der Waals surface area contributed by atoms with Crippen molar-refractivity contribution in [2.75, 3.05) is 11.9 Å². The van der Waals surface area contributed by atoms with E-state index in [2.05, 4.69) is 26.6 Å². The molecule has 1 fully saturated rings. The lowest BCUT2D eigenvalue weighted by Gasteiger charge is -2.12. The molecule has 7 nitrogen and oxygen atoms in total. The van der Waals surface area contributed by atoms with Crippen molar-refractivity contribution in [3.63, 3.8) is 0 Å². The van der Waals surface area contributed by atoms with Crippen LogP contribution in [0.5, 0.6) is 5.75 Å². The zero-order valence-corrected chi connectivity index (χ0v) is 17.0. The molecule has 0 saturated carbocycles. The highest BCUT2D eigenvalue weighted by Gasteiger charge is 2.35. The lowest BCUT2D eigenvalue weighted by molar-refractivity contribution is -0.127. The minimum absolute atomic E-state index is 0.0717. The van der Waals surface area contributed by atoms with Crippen molar-refractivity contribution in [3.8, 4) is 5.75 Å².